The second-order valence-electron chi connectivity index (χ2n) is 4.89. The van der Waals surface area contributed by atoms with Crippen molar-refractivity contribution in [3.05, 3.63) is 40.2 Å². The van der Waals surface area contributed by atoms with Crippen molar-refractivity contribution in [1.82, 2.24) is 0 Å². The first kappa shape index (κ1) is 13.6. The SMILES string of the molecule is OCC(=Cc1ccc(Cl)c(F)c1)C1CCCCC1. The Labute approximate surface area is 112 Å². The molecule has 0 aromatic heterocycles. The second-order valence-corrected chi connectivity index (χ2v) is 5.29. The molecule has 1 aliphatic rings. The van der Waals surface area contributed by atoms with E-state index in [1.807, 2.05) is 6.08 Å². The molecule has 0 spiro atoms. The molecule has 2 rings (SSSR count). The average Bonchev–Trinajstić information content (AvgIpc) is 2.41. The third-order valence-corrected chi connectivity index (χ3v) is 3.91. The van der Waals surface area contributed by atoms with Gasteiger partial charge in [-0.3, -0.25) is 0 Å². The summed E-state index contributed by atoms with van der Waals surface area (Å²) in [4.78, 5) is 0. The van der Waals surface area contributed by atoms with Crippen LogP contribution in [0, 0.1) is 11.7 Å². The zero-order chi connectivity index (χ0) is 13.0. The second kappa shape index (κ2) is 6.35. The number of rotatable bonds is 3. The molecule has 0 heterocycles. The van der Waals surface area contributed by atoms with Gasteiger partial charge in [0.2, 0.25) is 0 Å². The van der Waals surface area contributed by atoms with E-state index in [-0.39, 0.29) is 11.6 Å². The molecule has 1 nitrogen and oxygen atoms in total. The van der Waals surface area contributed by atoms with Crippen LogP contribution in [0.4, 0.5) is 4.39 Å². The van der Waals surface area contributed by atoms with Gasteiger partial charge in [0.05, 0.1) is 11.6 Å². The summed E-state index contributed by atoms with van der Waals surface area (Å²) in [5, 5.41) is 9.61. The van der Waals surface area contributed by atoms with Gasteiger partial charge in [-0.05, 0) is 42.0 Å². The Morgan fingerprint density at radius 3 is 2.67 bits per heavy atom. The Hall–Kier alpha value is -0.860. The molecule has 0 aliphatic heterocycles. The van der Waals surface area contributed by atoms with E-state index in [1.165, 1.54) is 25.3 Å². The first-order valence-corrected chi connectivity index (χ1v) is 6.85. The zero-order valence-corrected chi connectivity index (χ0v) is 11.1. The molecule has 0 unspecified atom stereocenters. The molecule has 1 saturated carbocycles. The van der Waals surface area contributed by atoms with Crippen LogP contribution in [-0.2, 0) is 0 Å². The fourth-order valence-electron chi connectivity index (χ4n) is 2.58. The van der Waals surface area contributed by atoms with Gasteiger partial charge in [0.25, 0.3) is 0 Å². The van der Waals surface area contributed by atoms with Crippen LogP contribution in [0.3, 0.4) is 0 Å². The highest BCUT2D eigenvalue weighted by atomic mass is 35.5. The number of hydrogen-bond acceptors (Lipinski definition) is 1. The standard InChI is InChI=1S/C15H18ClFO/c16-14-7-6-11(9-15(14)17)8-13(10-18)12-4-2-1-3-5-12/h6-9,12,18H,1-5,10H2. The van der Waals surface area contributed by atoms with Crippen LogP contribution in [0.2, 0.25) is 5.02 Å². The molecule has 1 aromatic carbocycles. The Morgan fingerprint density at radius 2 is 2.06 bits per heavy atom. The average molecular weight is 269 g/mol. The topological polar surface area (TPSA) is 20.2 Å². The third kappa shape index (κ3) is 3.33. The van der Waals surface area contributed by atoms with Crippen LogP contribution in [0.1, 0.15) is 37.7 Å². The molecule has 1 fully saturated rings. The summed E-state index contributed by atoms with van der Waals surface area (Å²) in [6, 6.07) is 4.75. The van der Waals surface area contributed by atoms with E-state index in [0.29, 0.717) is 5.92 Å². The Balaban J connectivity index is 2.19. The maximum atomic E-state index is 13.4. The molecule has 18 heavy (non-hydrogen) atoms. The molecule has 0 atom stereocenters. The van der Waals surface area contributed by atoms with Crippen molar-refractivity contribution in [2.75, 3.05) is 6.61 Å². The fraction of sp³-hybridized carbons (Fsp3) is 0.467. The van der Waals surface area contributed by atoms with Gasteiger partial charge in [-0.15, -0.1) is 0 Å². The van der Waals surface area contributed by atoms with Gasteiger partial charge in [0, 0.05) is 0 Å². The van der Waals surface area contributed by atoms with Gasteiger partial charge in [-0.2, -0.15) is 0 Å². The van der Waals surface area contributed by atoms with Crippen LogP contribution >= 0.6 is 11.6 Å². The highest BCUT2D eigenvalue weighted by Gasteiger charge is 2.17. The lowest BCUT2D eigenvalue weighted by atomic mass is 9.83. The monoisotopic (exact) mass is 268 g/mol. The van der Waals surface area contributed by atoms with E-state index < -0.39 is 5.82 Å². The first-order valence-electron chi connectivity index (χ1n) is 6.47. The summed E-state index contributed by atoms with van der Waals surface area (Å²) in [5.41, 5.74) is 1.78. The van der Waals surface area contributed by atoms with E-state index in [9.17, 15) is 9.50 Å². The van der Waals surface area contributed by atoms with Crippen LogP contribution in [-0.4, -0.2) is 11.7 Å². The van der Waals surface area contributed by atoms with Crippen LogP contribution < -0.4 is 0 Å². The molecule has 1 N–H and O–H groups in total. The quantitative estimate of drug-likeness (QED) is 0.860. The molecular weight excluding hydrogens is 251 g/mol. The van der Waals surface area contributed by atoms with E-state index in [2.05, 4.69) is 0 Å². The summed E-state index contributed by atoms with van der Waals surface area (Å²) in [6.45, 7) is 0.0505. The van der Waals surface area contributed by atoms with Crippen molar-refractivity contribution in [3.63, 3.8) is 0 Å². The van der Waals surface area contributed by atoms with Gasteiger partial charge in [-0.25, -0.2) is 4.39 Å². The fourth-order valence-corrected chi connectivity index (χ4v) is 2.70. The third-order valence-electron chi connectivity index (χ3n) is 3.61. The summed E-state index contributed by atoms with van der Waals surface area (Å²) in [5.74, 6) is 0.0360. The van der Waals surface area contributed by atoms with E-state index in [4.69, 9.17) is 11.6 Å². The largest absolute Gasteiger partial charge is 0.392 e. The highest BCUT2D eigenvalue weighted by Crippen LogP contribution is 2.30. The van der Waals surface area contributed by atoms with Crippen molar-refractivity contribution in [2.24, 2.45) is 5.92 Å². The lowest BCUT2D eigenvalue weighted by Crippen LogP contribution is -2.11. The predicted molar refractivity (Wildman–Crippen MR) is 73.0 cm³/mol. The maximum absolute atomic E-state index is 13.4. The van der Waals surface area contributed by atoms with Gasteiger partial charge in [0.1, 0.15) is 5.82 Å². The molecule has 0 radical (unpaired) electrons. The summed E-state index contributed by atoms with van der Waals surface area (Å²) < 4.78 is 13.4. The number of aliphatic hydroxyl groups is 1. The summed E-state index contributed by atoms with van der Waals surface area (Å²) in [7, 11) is 0. The van der Waals surface area contributed by atoms with Gasteiger partial charge < -0.3 is 5.11 Å². The Kier molecular flexibility index (Phi) is 4.79. The molecule has 0 bridgehead atoms. The van der Waals surface area contributed by atoms with Crippen LogP contribution in [0.15, 0.2) is 23.8 Å². The molecule has 0 amide bonds. The smallest absolute Gasteiger partial charge is 0.142 e. The molecular formula is C15H18ClFO. The molecule has 1 aliphatic carbocycles. The minimum atomic E-state index is -0.411. The van der Waals surface area contributed by atoms with E-state index in [0.717, 1.165) is 24.0 Å². The molecule has 1 aromatic rings. The maximum Gasteiger partial charge on any atom is 0.142 e. The summed E-state index contributed by atoms with van der Waals surface area (Å²) >= 11 is 5.65. The number of benzene rings is 1. The van der Waals surface area contributed by atoms with Crippen LogP contribution in [0.5, 0.6) is 0 Å². The van der Waals surface area contributed by atoms with Gasteiger partial charge in [-0.1, -0.05) is 43.0 Å². The van der Waals surface area contributed by atoms with E-state index >= 15 is 0 Å². The number of aliphatic hydroxyl groups excluding tert-OH is 1. The predicted octanol–water partition coefficient (Wildman–Crippen LogP) is 4.44. The first-order chi connectivity index (χ1) is 8.70. The van der Waals surface area contributed by atoms with Crippen molar-refractivity contribution in [1.29, 1.82) is 0 Å². The minimum absolute atomic E-state index is 0.0505. The lowest BCUT2D eigenvalue weighted by molar-refractivity contribution is 0.295. The lowest BCUT2D eigenvalue weighted by Gasteiger charge is -2.23. The van der Waals surface area contributed by atoms with Crippen molar-refractivity contribution >= 4 is 17.7 Å². The van der Waals surface area contributed by atoms with Gasteiger partial charge in [0.15, 0.2) is 0 Å². The molecule has 3 heteroatoms. The zero-order valence-electron chi connectivity index (χ0n) is 10.3. The Morgan fingerprint density at radius 1 is 1.33 bits per heavy atom. The number of halogens is 2. The van der Waals surface area contributed by atoms with Gasteiger partial charge >= 0.3 is 0 Å². The highest BCUT2D eigenvalue weighted by molar-refractivity contribution is 6.30. The van der Waals surface area contributed by atoms with Crippen molar-refractivity contribution in [3.8, 4) is 0 Å². The molecule has 0 saturated heterocycles. The van der Waals surface area contributed by atoms with Crippen LogP contribution in [0.25, 0.3) is 6.08 Å². The number of hydrogen-bond donors (Lipinski definition) is 1. The normalized spacial score (nSPS) is 18.1. The Bertz CT molecular complexity index is 436. The minimum Gasteiger partial charge on any atom is -0.392 e. The molecule has 98 valence electrons. The van der Waals surface area contributed by atoms with Crippen molar-refractivity contribution in [2.45, 2.75) is 32.1 Å². The summed E-state index contributed by atoms with van der Waals surface area (Å²) in [6.07, 6.45) is 7.87. The van der Waals surface area contributed by atoms with Crippen molar-refractivity contribution < 1.29 is 9.50 Å². The van der Waals surface area contributed by atoms with E-state index in [1.54, 1.807) is 12.1 Å².